The molecule has 34 heavy (non-hydrogen) atoms. The van der Waals surface area contributed by atoms with Crippen molar-refractivity contribution < 1.29 is 21.6 Å². The zero-order chi connectivity index (χ0) is 24.8. The number of piperazine rings is 1. The molecule has 0 radical (unpaired) electrons. The van der Waals surface area contributed by atoms with Gasteiger partial charge in [-0.15, -0.1) is 0 Å². The van der Waals surface area contributed by atoms with Crippen LogP contribution >= 0.6 is 11.6 Å². The Hall–Kier alpha value is -1.89. The van der Waals surface area contributed by atoms with Crippen LogP contribution in [-0.4, -0.2) is 77.7 Å². The molecule has 13 heteroatoms. The molecule has 0 saturated carbocycles. The number of halogens is 4. The standard InChI is InChI=1S/C21H28ClF3N6O2S/c1-14-19(15(2)28(3)27-14)34(32,33)31-6-4-17(5-7-31)29-8-10-30(11-9-29)20-18(22)12-16(13-26-20)21(23,24)25/h12-13,17H,4-11H2,1-3H3. The quantitative estimate of drug-likeness (QED) is 0.617. The Kier molecular flexibility index (Phi) is 6.89. The number of aromatic nitrogens is 3. The van der Waals surface area contributed by atoms with Gasteiger partial charge in [0.25, 0.3) is 0 Å². The highest BCUT2D eigenvalue weighted by atomic mass is 35.5. The Labute approximate surface area is 202 Å². The van der Waals surface area contributed by atoms with Crippen molar-refractivity contribution in [2.24, 2.45) is 7.05 Å². The number of sulfonamides is 1. The fourth-order valence-corrected chi connectivity index (χ4v) is 6.98. The van der Waals surface area contributed by atoms with E-state index in [2.05, 4.69) is 15.0 Å². The topological polar surface area (TPSA) is 74.6 Å². The molecule has 2 aliphatic rings. The Morgan fingerprint density at radius 2 is 1.68 bits per heavy atom. The van der Waals surface area contributed by atoms with E-state index in [4.69, 9.17) is 11.6 Å². The molecule has 4 rings (SSSR count). The van der Waals surface area contributed by atoms with Gasteiger partial charge in [-0.2, -0.15) is 22.6 Å². The lowest BCUT2D eigenvalue weighted by molar-refractivity contribution is -0.137. The lowest BCUT2D eigenvalue weighted by Crippen LogP contribution is -2.54. The molecule has 4 heterocycles. The highest BCUT2D eigenvalue weighted by molar-refractivity contribution is 7.89. The fourth-order valence-electron chi connectivity index (χ4n) is 4.82. The summed E-state index contributed by atoms with van der Waals surface area (Å²) in [6.45, 7) is 6.94. The van der Waals surface area contributed by atoms with Crippen molar-refractivity contribution in [2.75, 3.05) is 44.2 Å². The third kappa shape index (κ3) is 4.77. The van der Waals surface area contributed by atoms with E-state index in [1.807, 2.05) is 4.90 Å². The summed E-state index contributed by atoms with van der Waals surface area (Å²) in [6.07, 6.45) is -2.23. The monoisotopic (exact) mass is 520 g/mol. The predicted molar refractivity (Wildman–Crippen MR) is 122 cm³/mol. The molecule has 188 valence electrons. The highest BCUT2D eigenvalue weighted by Crippen LogP contribution is 2.34. The third-order valence-corrected chi connectivity index (χ3v) is 9.17. The largest absolute Gasteiger partial charge is 0.417 e. The van der Waals surface area contributed by atoms with E-state index in [0.717, 1.165) is 25.1 Å². The zero-order valence-electron chi connectivity index (χ0n) is 19.3. The van der Waals surface area contributed by atoms with Crippen molar-refractivity contribution in [2.45, 2.75) is 43.8 Å². The first-order valence-corrected chi connectivity index (χ1v) is 12.9. The van der Waals surface area contributed by atoms with Crippen LogP contribution in [0.3, 0.4) is 0 Å². The molecule has 0 atom stereocenters. The maximum absolute atomic E-state index is 13.2. The molecule has 0 spiro atoms. The van der Waals surface area contributed by atoms with Crippen LogP contribution in [0.15, 0.2) is 17.2 Å². The minimum atomic E-state index is -4.48. The Balaban J connectivity index is 1.35. The van der Waals surface area contributed by atoms with Gasteiger partial charge < -0.3 is 4.90 Å². The van der Waals surface area contributed by atoms with E-state index in [1.165, 1.54) is 0 Å². The van der Waals surface area contributed by atoms with Crippen molar-refractivity contribution in [1.29, 1.82) is 0 Å². The molecule has 2 aromatic heterocycles. The van der Waals surface area contributed by atoms with Crippen LogP contribution in [0.5, 0.6) is 0 Å². The zero-order valence-corrected chi connectivity index (χ0v) is 20.9. The maximum atomic E-state index is 13.2. The molecule has 2 fully saturated rings. The van der Waals surface area contributed by atoms with Gasteiger partial charge in [0.2, 0.25) is 10.0 Å². The molecule has 0 unspecified atom stereocenters. The summed E-state index contributed by atoms with van der Waals surface area (Å²) in [4.78, 5) is 8.47. The Morgan fingerprint density at radius 3 is 2.18 bits per heavy atom. The predicted octanol–water partition coefficient (Wildman–Crippen LogP) is 3.08. The van der Waals surface area contributed by atoms with Crippen LogP contribution in [0.2, 0.25) is 5.02 Å². The van der Waals surface area contributed by atoms with Gasteiger partial charge >= 0.3 is 6.18 Å². The second-order valence-corrected chi connectivity index (χ2v) is 11.1. The van der Waals surface area contributed by atoms with Gasteiger partial charge in [0.1, 0.15) is 10.7 Å². The number of hydrogen-bond donors (Lipinski definition) is 0. The Bertz CT molecular complexity index is 1150. The SMILES string of the molecule is Cc1nn(C)c(C)c1S(=O)(=O)N1CCC(N2CCN(c3ncc(C(F)(F)F)cc3Cl)CC2)CC1. The van der Waals surface area contributed by atoms with E-state index in [1.54, 1.807) is 29.9 Å². The lowest BCUT2D eigenvalue weighted by atomic mass is 10.0. The van der Waals surface area contributed by atoms with Gasteiger partial charge in [-0.1, -0.05) is 11.6 Å². The fraction of sp³-hybridized carbons (Fsp3) is 0.619. The van der Waals surface area contributed by atoms with Gasteiger partial charge in [-0.25, -0.2) is 13.4 Å². The number of rotatable bonds is 4. The molecule has 0 amide bonds. The molecule has 2 aliphatic heterocycles. The molecule has 0 aromatic carbocycles. The van der Waals surface area contributed by atoms with Crippen LogP contribution in [0, 0.1) is 13.8 Å². The summed E-state index contributed by atoms with van der Waals surface area (Å²) >= 11 is 6.10. The summed E-state index contributed by atoms with van der Waals surface area (Å²) in [6, 6.07) is 1.17. The van der Waals surface area contributed by atoms with Crippen molar-refractivity contribution in [3.8, 4) is 0 Å². The van der Waals surface area contributed by atoms with Gasteiger partial charge in [0.05, 0.1) is 22.0 Å². The first-order chi connectivity index (χ1) is 15.9. The normalized spacial score (nSPS) is 19.7. The number of piperidine rings is 1. The van der Waals surface area contributed by atoms with Crippen LogP contribution in [0.1, 0.15) is 29.8 Å². The van der Waals surface area contributed by atoms with Gasteiger partial charge in [-0.05, 0) is 32.8 Å². The summed E-state index contributed by atoms with van der Waals surface area (Å²) in [5.41, 5.74) is 0.276. The van der Waals surface area contributed by atoms with Gasteiger partial charge in [0.15, 0.2) is 0 Å². The first kappa shape index (κ1) is 25.2. The van der Waals surface area contributed by atoms with Crippen molar-refractivity contribution in [3.05, 3.63) is 34.2 Å². The maximum Gasteiger partial charge on any atom is 0.417 e. The van der Waals surface area contributed by atoms with Crippen LogP contribution in [-0.2, 0) is 23.2 Å². The molecular weight excluding hydrogens is 493 g/mol. The number of pyridine rings is 1. The second kappa shape index (κ2) is 9.29. The second-order valence-electron chi connectivity index (χ2n) is 8.81. The Morgan fingerprint density at radius 1 is 1.06 bits per heavy atom. The summed E-state index contributed by atoms with van der Waals surface area (Å²) in [7, 11) is -1.86. The average Bonchev–Trinajstić information content (AvgIpc) is 3.05. The summed E-state index contributed by atoms with van der Waals surface area (Å²) in [5, 5.41) is 4.23. The number of anilines is 1. The number of alkyl halides is 3. The smallest absolute Gasteiger partial charge is 0.353 e. The minimum absolute atomic E-state index is 0.0113. The minimum Gasteiger partial charge on any atom is -0.353 e. The van der Waals surface area contributed by atoms with Crippen LogP contribution in [0.4, 0.5) is 19.0 Å². The van der Waals surface area contributed by atoms with Crippen molar-refractivity contribution >= 4 is 27.4 Å². The summed E-state index contributed by atoms with van der Waals surface area (Å²) < 4.78 is 68.2. The molecule has 0 aliphatic carbocycles. The first-order valence-electron chi connectivity index (χ1n) is 11.1. The third-order valence-electron chi connectivity index (χ3n) is 6.74. The lowest BCUT2D eigenvalue weighted by Gasteiger charge is -2.42. The van der Waals surface area contributed by atoms with Gasteiger partial charge in [-0.3, -0.25) is 9.58 Å². The number of nitrogens with zero attached hydrogens (tertiary/aromatic N) is 6. The van der Waals surface area contributed by atoms with Crippen LogP contribution < -0.4 is 4.90 Å². The van der Waals surface area contributed by atoms with E-state index in [0.29, 0.717) is 61.4 Å². The number of hydrogen-bond acceptors (Lipinski definition) is 6. The number of aryl methyl sites for hydroxylation is 2. The molecule has 8 nitrogen and oxygen atoms in total. The summed E-state index contributed by atoms with van der Waals surface area (Å²) in [5.74, 6) is 0.359. The van der Waals surface area contributed by atoms with Crippen molar-refractivity contribution in [1.82, 2.24) is 24.0 Å². The van der Waals surface area contributed by atoms with E-state index >= 15 is 0 Å². The molecule has 2 aromatic rings. The average molecular weight is 521 g/mol. The van der Waals surface area contributed by atoms with E-state index < -0.39 is 21.8 Å². The van der Waals surface area contributed by atoms with E-state index in [9.17, 15) is 21.6 Å². The van der Waals surface area contributed by atoms with Gasteiger partial charge in [0, 0.05) is 58.6 Å². The molecule has 0 N–H and O–H groups in total. The highest BCUT2D eigenvalue weighted by Gasteiger charge is 2.36. The van der Waals surface area contributed by atoms with E-state index in [-0.39, 0.29) is 11.1 Å². The molecule has 2 saturated heterocycles. The molecular formula is C21H28ClF3N6O2S. The molecule has 0 bridgehead atoms. The van der Waals surface area contributed by atoms with Crippen molar-refractivity contribution in [3.63, 3.8) is 0 Å². The van der Waals surface area contributed by atoms with Crippen LogP contribution in [0.25, 0.3) is 0 Å².